The summed E-state index contributed by atoms with van der Waals surface area (Å²) in [6.07, 6.45) is -1.26. The molecule has 1 amide bonds. The van der Waals surface area contributed by atoms with Crippen molar-refractivity contribution in [1.29, 1.82) is 0 Å². The first-order valence-electron chi connectivity index (χ1n) is 9.02. The van der Waals surface area contributed by atoms with E-state index in [-0.39, 0.29) is 29.3 Å². The van der Waals surface area contributed by atoms with E-state index in [0.29, 0.717) is 5.69 Å². The van der Waals surface area contributed by atoms with E-state index in [9.17, 15) is 18.0 Å². The van der Waals surface area contributed by atoms with Gasteiger partial charge in [-0.25, -0.2) is 13.1 Å². The van der Waals surface area contributed by atoms with E-state index in [2.05, 4.69) is 15.2 Å². The molecule has 1 aromatic carbocycles. The van der Waals surface area contributed by atoms with Crippen molar-refractivity contribution in [2.75, 3.05) is 11.9 Å². The van der Waals surface area contributed by atoms with Crippen LogP contribution in [0.2, 0.25) is 0 Å². The second-order valence-corrected chi connectivity index (χ2v) is 8.39. The Hall–Kier alpha value is -2.72. The summed E-state index contributed by atoms with van der Waals surface area (Å²) in [5, 5.41) is 6.35. The lowest BCUT2D eigenvalue weighted by molar-refractivity contribution is -0.152. The molecule has 29 heavy (non-hydrogen) atoms. The van der Waals surface area contributed by atoms with Crippen LogP contribution in [0.3, 0.4) is 0 Å². The Morgan fingerprint density at radius 2 is 1.79 bits per heavy atom. The molecule has 0 saturated carbocycles. The molecular formula is C19H25N3O6S. The van der Waals surface area contributed by atoms with Gasteiger partial charge >= 0.3 is 5.97 Å². The normalized spacial score (nSPS) is 12.4. The Morgan fingerprint density at radius 1 is 1.17 bits per heavy atom. The van der Waals surface area contributed by atoms with Gasteiger partial charge in [0.1, 0.15) is 10.6 Å². The number of sulfonamides is 1. The number of benzene rings is 1. The lowest BCUT2D eigenvalue weighted by atomic mass is 10.1. The Morgan fingerprint density at radius 3 is 2.34 bits per heavy atom. The molecule has 0 aliphatic heterocycles. The van der Waals surface area contributed by atoms with Crippen LogP contribution in [-0.2, 0) is 24.3 Å². The number of aromatic nitrogens is 1. The van der Waals surface area contributed by atoms with Crippen molar-refractivity contribution in [3.05, 3.63) is 40.8 Å². The smallest absolute Gasteiger partial charge is 0.307 e. The van der Waals surface area contributed by atoms with E-state index < -0.39 is 28.0 Å². The largest absolute Gasteiger partial charge is 0.452 e. The number of esters is 1. The van der Waals surface area contributed by atoms with Gasteiger partial charge in [-0.15, -0.1) is 0 Å². The molecule has 0 aliphatic carbocycles. The predicted molar refractivity (Wildman–Crippen MR) is 106 cm³/mol. The molecule has 1 atom stereocenters. The van der Waals surface area contributed by atoms with Crippen LogP contribution in [0.4, 0.5) is 5.69 Å². The van der Waals surface area contributed by atoms with Crippen LogP contribution in [0.25, 0.3) is 0 Å². The maximum absolute atomic E-state index is 12.3. The van der Waals surface area contributed by atoms with Gasteiger partial charge in [0.25, 0.3) is 5.91 Å². The highest BCUT2D eigenvalue weighted by Gasteiger charge is 2.24. The number of aryl methyl sites for hydroxylation is 4. The number of nitrogens with one attached hydrogen (secondary N) is 2. The van der Waals surface area contributed by atoms with E-state index in [4.69, 9.17) is 9.26 Å². The Labute approximate surface area is 169 Å². The van der Waals surface area contributed by atoms with E-state index in [1.165, 1.54) is 20.8 Å². The van der Waals surface area contributed by atoms with Gasteiger partial charge in [-0.05, 0) is 45.7 Å². The number of anilines is 1. The minimum absolute atomic E-state index is 0.0489. The molecule has 0 fully saturated rings. The third kappa shape index (κ3) is 5.64. The molecule has 0 spiro atoms. The highest BCUT2D eigenvalue weighted by Crippen LogP contribution is 2.20. The highest BCUT2D eigenvalue weighted by molar-refractivity contribution is 7.89. The molecule has 9 nitrogen and oxygen atoms in total. The van der Waals surface area contributed by atoms with Crippen LogP contribution in [0.1, 0.15) is 35.9 Å². The van der Waals surface area contributed by atoms with Gasteiger partial charge in [0.2, 0.25) is 10.0 Å². The minimum Gasteiger partial charge on any atom is -0.452 e. The molecule has 2 rings (SSSR count). The SMILES string of the molecule is Cc1cccc(C)c1NC(=O)[C@@H](C)OC(=O)CCNS(=O)(=O)c1c(C)noc1C. The number of para-hydroxylation sites is 1. The number of hydrogen-bond donors (Lipinski definition) is 2. The summed E-state index contributed by atoms with van der Waals surface area (Å²) in [7, 11) is -3.86. The Bertz CT molecular complexity index is 973. The molecule has 0 aliphatic rings. The Balaban J connectivity index is 1.86. The summed E-state index contributed by atoms with van der Waals surface area (Å²) in [5.74, 6) is -1.00. The molecule has 0 bridgehead atoms. The number of rotatable bonds is 8. The van der Waals surface area contributed by atoms with Crippen molar-refractivity contribution in [2.45, 2.75) is 52.0 Å². The van der Waals surface area contributed by atoms with Gasteiger partial charge in [-0.1, -0.05) is 23.4 Å². The predicted octanol–water partition coefficient (Wildman–Crippen LogP) is 2.15. The summed E-state index contributed by atoms with van der Waals surface area (Å²) < 4.78 is 36.8. The molecule has 1 aromatic heterocycles. The molecule has 2 aromatic rings. The second-order valence-electron chi connectivity index (χ2n) is 6.69. The van der Waals surface area contributed by atoms with Gasteiger partial charge in [-0.3, -0.25) is 9.59 Å². The van der Waals surface area contributed by atoms with Crippen LogP contribution < -0.4 is 10.0 Å². The number of ether oxygens (including phenoxy) is 1. The number of amides is 1. The van der Waals surface area contributed by atoms with E-state index >= 15 is 0 Å². The quantitative estimate of drug-likeness (QED) is 0.623. The zero-order chi connectivity index (χ0) is 21.8. The standard InChI is InChI=1S/C19H25N3O6S/c1-11-7-6-8-12(2)17(11)21-19(24)15(5)27-16(23)9-10-20-29(25,26)18-13(3)22-28-14(18)4/h6-8,15,20H,9-10H2,1-5H3,(H,21,24)/t15-/m1/s1. The third-order valence-corrected chi connectivity index (χ3v) is 5.97. The van der Waals surface area contributed by atoms with Crippen molar-refractivity contribution >= 4 is 27.6 Å². The number of hydrogen-bond acceptors (Lipinski definition) is 7. The first-order chi connectivity index (χ1) is 13.5. The summed E-state index contributed by atoms with van der Waals surface area (Å²) >= 11 is 0. The second kappa shape index (κ2) is 9.19. The lowest BCUT2D eigenvalue weighted by Crippen LogP contribution is -2.32. The first-order valence-corrected chi connectivity index (χ1v) is 10.5. The van der Waals surface area contributed by atoms with Crippen molar-refractivity contribution in [1.82, 2.24) is 9.88 Å². The molecule has 0 radical (unpaired) electrons. The van der Waals surface area contributed by atoms with Crippen LogP contribution in [0.5, 0.6) is 0 Å². The van der Waals surface area contributed by atoms with Crippen LogP contribution in [0.15, 0.2) is 27.6 Å². The number of nitrogens with zero attached hydrogens (tertiary/aromatic N) is 1. The van der Waals surface area contributed by atoms with Crippen LogP contribution >= 0.6 is 0 Å². The van der Waals surface area contributed by atoms with Crippen molar-refractivity contribution in [3.8, 4) is 0 Å². The molecule has 0 unspecified atom stereocenters. The topological polar surface area (TPSA) is 128 Å². The monoisotopic (exact) mass is 423 g/mol. The summed E-state index contributed by atoms with van der Waals surface area (Å²) in [4.78, 5) is 24.2. The van der Waals surface area contributed by atoms with E-state index in [1.807, 2.05) is 32.0 Å². The van der Waals surface area contributed by atoms with Crippen molar-refractivity contribution < 1.29 is 27.3 Å². The number of carbonyl (C=O) groups is 2. The fraction of sp³-hybridized carbons (Fsp3) is 0.421. The highest BCUT2D eigenvalue weighted by atomic mass is 32.2. The molecular weight excluding hydrogens is 398 g/mol. The average molecular weight is 423 g/mol. The summed E-state index contributed by atoms with van der Waals surface area (Å²) in [5.41, 5.74) is 2.69. The van der Waals surface area contributed by atoms with Crippen molar-refractivity contribution in [2.24, 2.45) is 0 Å². The molecule has 158 valence electrons. The van der Waals surface area contributed by atoms with Crippen LogP contribution in [0, 0.1) is 27.7 Å². The molecule has 0 saturated heterocycles. The lowest BCUT2D eigenvalue weighted by Gasteiger charge is -2.16. The molecule has 10 heteroatoms. The third-order valence-electron chi connectivity index (χ3n) is 4.26. The average Bonchev–Trinajstić information content (AvgIpc) is 2.97. The fourth-order valence-electron chi connectivity index (χ4n) is 2.76. The zero-order valence-corrected chi connectivity index (χ0v) is 17.8. The first kappa shape index (κ1) is 22.6. The van der Waals surface area contributed by atoms with E-state index in [0.717, 1.165) is 11.1 Å². The number of carbonyl (C=O) groups excluding carboxylic acids is 2. The van der Waals surface area contributed by atoms with Crippen LogP contribution in [-0.4, -0.2) is 38.1 Å². The minimum atomic E-state index is -3.86. The van der Waals surface area contributed by atoms with E-state index in [1.54, 1.807) is 0 Å². The van der Waals surface area contributed by atoms with Gasteiger partial charge in [0, 0.05) is 12.2 Å². The Kier molecular flexibility index (Phi) is 7.15. The summed E-state index contributed by atoms with van der Waals surface area (Å²) in [6.45, 7) is 8.00. The fourth-order valence-corrected chi connectivity index (χ4v) is 4.12. The van der Waals surface area contributed by atoms with Gasteiger partial charge in [0.05, 0.1) is 6.42 Å². The maximum atomic E-state index is 12.3. The van der Waals surface area contributed by atoms with Crippen molar-refractivity contribution in [3.63, 3.8) is 0 Å². The van der Waals surface area contributed by atoms with Gasteiger partial charge in [0.15, 0.2) is 11.9 Å². The maximum Gasteiger partial charge on any atom is 0.307 e. The van der Waals surface area contributed by atoms with Gasteiger partial charge in [-0.2, -0.15) is 0 Å². The van der Waals surface area contributed by atoms with Gasteiger partial charge < -0.3 is 14.6 Å². The molecule has 2 N–H and O–H groups in total. The summed E-state index contributed by atoms with van der Waals surface area (Å²) in [6, 6.07) is 5.61. The zero-order valence-electron chi connectivity index (χ0n) is 17.0. The molecule has 1 heterocycles.